The van der Waals surface area contributed by atoms with E-state index in [4.69, 9.17) is 15.5 Å². The Bertz CT molecular complexity index is 423. The van der Waals surface area contributed by atoms with Gasteiger partial charge in [-0.25, -0.2) is 4.79 Å². The summed E-state index contributed by atoms with van der Waals surface area (Å²) >= 11 is 3.10. The van der Waals surface area contributed by atoms with Gasteiger partial charge in [0.25, 0.3) is 0 Å². The molecule has 0 saturated heterocycles. The van der Waals surface area contributed by atoms with E-state index in [1.807, 2.05) is 6.07 Å². The summed E-state index contributed by atoms with van der Waals surface area (Å²) in [6, 6.07) is 4.66. The molecule has 0 aromatic heterocycles. The molecule has 1 rings (SSSR count). The highest BCUT2D eigenvalue weighted by molar-refractivity contribution is 9.10. The van der Waals surface area contributed by atoms with Crippen LogP contribution in [-0.2, 0) is 6.61 Å². The lowest BCUT2D eigenvalue weighted by atomic mass is 10.0. The zero-order valence-corrected chi connectivity index (χ0v) is 8.58. The predicted molar refractivity (Wildman–Crippen MR) is 51.7 cm³/mol. The van der Waals surface area contributed by atoms with Crippen molar-refractivity contribution >= 4 is 21.9 Å². The van der Waals surface area contributed by atoms with Gasteiger partial charge in [0, 0.05) is 10.0 Å². The largest absolute Gasteiger partial charge is 0.478 e. The third-order valence-corrected chi connectivity index (χ3v) is 2.42. The monoisotopic (exact) mass is 255 g/mol. The maximum absolute atomic E-state index is 10.7. The topological polar surface area (TPSA) is 81.3 Å². The van der Waals surface area contributed by atoms with Crippen LogP contribution in [0.3, 0.4) is 0 Å². The van der Waals surface area contributed by atoms with Gasteiger partial charge in [0.1, 0.15) is 6.07 Å². The third-order valence-electron chi connectivity index (χ3n) is 1.76. The van der Waals surface area contributed by atoms with Gasteiger partial charge in [0.05, 0.1) is 17.7 Å². The number of carboxylic acid groups (broad SMARTS) is 1. The van der Waals surface area contributed by atoms with Crippen molar-refractivity contribution in [2.75, 3.05) is 0 Å². The van der Waals surface area contributed by atoms with Gasteiger partial charge in [-0.2, -0.15) is 5.26 Å². The minimum absolute atomic E-state index is 0.0488. The van der Waals surface area contributed by atoms with Crippen molar-refractivity contribution in [1.29, 1.82) is 5.26 Å². The Hall–Kier alpha value is -1.38. The molecule has 2 N–H and O–H groups in total. The summed E-state index contributed by atoms with van der Waals surface area (Å²) in [7, 11) is 0. The Morgan fingerprint density at radius 1 is 1.57 bits per heavy atom. The standard InChI is InChI=1S/C9H6BrNO3/c10-8-2-1-5(9(13)14)7(4-12)6(8)3-11/h1-2,12H,4H2,(H,13,14). The molecule has 0 saturated carbocycles. The van der Waals surface area contributed by atoms with E-state index >= 15 is 0 Å². The van der Waals surface area contributed by atoms with Crippen molar-refractivity contribution in [2.24, 2.45) is 0 Å². The molecular weight excluding hydrogens is 250 g/mol. The molecule has 72 valence electrons. The second-order valence-corrected chi connectivity index (χ2v) is 3.38. The number of carboxylic acids is 1. The van der Waals surface area contributed by atoms with Gasteiger partial charge < -0.3 is 10.2 Å². The molecule has 0 amide bonds. The lowest BCUT2D eigenvalue weighted by molar-refractivity contribution is 0.0693. The highest BCUT2D eigenvalue weighted by atomic mass is 79.9. The highest BCUT2D eigenvalue weighted by Crippen LogP contribution is 2.23. The van der Waals surface area contributed by atoms with Crippen LogP contribution in [0.15, 0.2) is 16.6 Å². The van der Waals surface area contributed by atoms with Crippen molar-refractivity contribution in [3.8, 4) is 6.07 Å². The molecule has 0 atom stereocenters. The molecule has 14 heavy (non-hydrogen) atoms. The van der Waals surface area contributed by atoms with Crippen molar-refractivity contribution in [3.63, 3.8) is 0 Å². The number of nitriles is 1. The Morgan fingerprint density at radius 2 is 2.21 bits per heavy atom. The number of benzene rings is 1. The first-order valence-electron chi connectivity index (χ1n) is 3.67. The number of nitrogens with zero attached hydrogens (tertiary/aromatic N) is 1. The van der Waals surface area contributed by atoms with Crippen LogP contribution in [0.1, 0.15) is 21.5 Å². The summed E-state index contributed by atoms with van der Waals surface area (Å²) in [5.74, 6) is -1.15. The summed E-state index contributed by atoms with van der Waals surface area (Å²) in [5, 5.41) is 26.5. The maximum Gasteiger partial charge on any atom is 0.336 e. The summed E-state index contributed by atoms with van der Waals surface area (Å²) in [6.07, 6.45) is 0. The number of rotatable bonds is 2. The zero-order chi connectivity index (χ0) is 10.7. The van der Waals surface area contributed by atoms with Crippen LogP contribution in [0.5, 0.6) is 0 Å². The normalized spacial score (nSPS) is 9.50. The molecule has 0 radical (unpaired) electrons. The van der Waals surface area contributed by atoms with E-state index in [1.54, 1.807) is 0 Å². The van der Waals surface area contributed by atoms with Gasteiger partial charge in [-0.05, 0) is 28.1 Å². The van der Waals surface area contributed by atoms with Gasteiger partial charge in [0.15, 0.2) is 0 Å². The lowest BCUT2D eigenvalue weighted by Crippen LogP contribution is -2.05. The van der Waals surface area contributed by atoms with E-state index in [9.17, 15) is 4.79 Å². The second kappa shape index (κ2) is 4.22. The quantitative estimate of drug-likeness (QED) is 0.840. The SMILES string of the molecule is N#Cc1c(Br)ccc(C(=O)O)c1CO. The number of aliphatic hydroxyl groups is 1. The van der Waals surface area contributed by atoms with Crippen LogP contribution in [0.2, 0.25) is 0 Å². The van der Waals surface area contributed by atoms with Crippen LogP contribution >= 0.6 is 15.9 Å². The van der Waals surface area contributed by atoms with Crippen LogP contribution in [0, 0.1) is 11.3 Å². The van der Waals surface area contributed by atoms with Gasteiger partial charge in [-0.15, -0.1) is 0 Å². The van der Waals surface area contributed by atoms with E-state index < -0.39 is 12.6 Å². The van der Waals surface area contributed by atoms with Crippen molar-refractivity contribution in [1.82, 2.24) is 0 Å². The molecule has 4 nitrogen and oxygen atoms in total. The summed E-state index contributed by atoms with van der Waals surface area (Å²) in [4.78, 5) is 10.7. The number of hydrogen-bond donors (Lipinski definition) is 2. The average Bonchev–Trinajstić information content (AvgIpc) is 2.16. The average molecular weight is 256 g/mol. The number of aromatic carboxylic acids is 1. The van der Waals surface area contributed by atoms with Gasteiger partial charge in [-0.3, -0.25) is 0 Å². The molecule has 1 aromatic carbocycles. The minimum Gasteiger partial charge on any atom is -0.478 e. The first-order valence-corrected chi connectivity index (χ1v) is 4.46. The van der Waals surface area contributed by atoms with Gasteiger partial charge in [-0.1, -0.05) is 0 Å². The molecule has 0 aliphatic rings. The molecule has 0 bridgehead atoms. The predicted octanol–water partition coefficient (Wildman–Crippen LogP) is 1.51. The van der Waals surface area contributed by atoms with Gasteiger partial charge >= 0.3 is 5.97 Å². The van der Waals surface area contributed by atoms with Crippen LogP contribution in [0.25, 0.3) is 0 Å². The number of carbonyl (C=O) groups is 1. The fraction of sp³-hybridized carbons (Fsp3) is 0.111. The fourth-order valence-electron chi connectivity index (χ4n) is 1.10. The summed E-state index contributed by atoms with van der Waals surface area (Å²) in [6.45, 7) is -0.468. The molecule has 0 unspecified atom stereocenters. The highest BCUT2D eigenvalue weighted by Gasteiger charge is 2.15. The first kappa shape index (κ1) is 10.7. The summed E-state index contributed by atoms with van der Waals surface area (Å²) < 4.78 is 0.481. The minimum atomic E-state index is -1.15. The summed E-state index contributed by atoms with van der Waals surface area (Å²) in [5.41, 5.74) is 0.244. The molecule has 0 heterocycles. The Balaban J connectivity index is 3.50. The smallest absolute Gasteiger partial charge is 0.336 e. The van der Waals surface area contributed by atoms with E-state index in [1.165, 1.54) is 12.1 Å². The second-order valence-electron chi connectivity index (χ2n) is 2.52. The molecule has 0 aliphatic heterocycles. The Morgan fingerprint density at radius 3 is 2.64 bits per heavy atom. The van der Waals surface area contributed by atoms with E-state index in [-0.39, 0.29) is 16.7 Å². The molecule has 0 fully saturated rings. The van der Waals surface area contributed by atoms with E-state index in [2.05, 4.69) is 15.9 Å². The third kappa shape index (κ3) is 1.76. The molecule has 0 spiro atoms. The van der Waals surface area contributed by atoms with Crippen molar-refractivity contribution in [3.05, 3.63) is 33.3 Å². The lowest BCUT2D eigenvalue weighted by Gasteiger charge is -2.06. The van der Waals surface area contributed by atoms with Crippen LogP contribution in [0.4, 0.5) is 0 Å². The van der Waals surface area contributed by atoms with E-state index in [0.717, 1.165) is 0 Å². The van der Waals surface area contributed by atoms with E-state index in [0.29, 0.717) is 4.47 Å². The van der Waals surface area contributed by atoms with Gasteiger partial charge in [0.2, 0.25) is 0 Å². The van der Waals surface area contributed by atoms with Crippen LogP contribution in [-0.4, -0.2) is 16.2 Å². The fourth-order valence-corrected chi connectivity index (χ4v) is 1.56. The molecule has 5 heteroatoms. The molecule has 0 aliphatic carbocycles. The zero-order valence-electron chi connectivity index (χ0n) is 6.99. The molecular formula is C9H6BrNO3. The van der Waals surface area contributed by atoms with Crippen LogP contribution < -0.4 is 0 Å². The maximum atomic E-state index is 10.7. The number of hydrogen-bond acceptors (Lipinski definition) is 3. The Kier molecular flexibility index (Phi) is 3.23. The van der Waals surface area contributed by atoms with Crippen molar-refractivity contribution in [2.45, 2.75) is 6.61 Å². The van der Waals surface area contributed by atoms with Crippen molar-refractivity contribution < 1.29 is 15.0 Å². The Labute approximate surface area is 88.5 Å². The molecule has 1 aromatic rings. The number of aliphatic hydroxyl groups excluding tert-OH is 1. The first-order chi connectivity index (χ1) is 6.61. The number of halogens is 1.